The summed E-state index contributed by atoms with van der Waals surface area (Å²) >= 11 is 0. The zero-order valence-corrected chi connectivity index (χ0v) is 13.3. The van der Waals surface area contributed by atoms with E-state index in [-0.39, 0.29) is 35.7 Å². The summed E-state index contributed by atoms with van der Waals surface area (Å²) in [6.07, 6.45) is 5.16. The number of amides is 1. The standard InChI is InChI=1S/C14H26N2O3S/c1-3-6-12-14(17)16(13(15-12)7-4-2)11-8-5-9-20(18,19)10-11/h11-13,15H,3-10H2,1-2H3. The maximum absolute atomic E-state index is 12.6. The van der Waals surface area contributed by atoms with Gasteiger partial charge in [-0.1, -0.05) is 26.7 Å². The van der Waals surface area contributed by atoms with Crippen LogP contribution in [0.15, 0.2) is 0 Å². The van der Waals surface area contributed by atoms with Crippen molar-refractivity contribution in [2.24, 2.45) is 0 Å². The van der Waals surface area contributed by atoms with E-state index in [4.69, 9.17) is 0 Å². The molecule has 0 aliphatic carbocycles. The van der Waals surface area contributed by atoms with Crippen LogP contribution in [0.3, 0.4) is 0 Å². The first-order valence-corrected chi connectivity index (χ1v) is 9.59. The number of carbonyl (C=O) groups is 1. The van der Waals surface area contributed by atoms with Crippen molar-refractivity contribution >= 4 is 15.7 Å². The molecule has 6 heteroatoms. The Bertz CT molecular complexity index is 449. The Hall–Kier alpha value is -0.620. The summed E-state index contributed by atoms with van der Waals surface area (Å²) in [5.41, 5.74) is 0. The molecule has 5 nitrogen and oxygen atoms in total. The second-order valence-corrected chi connectivity index (χ2v) is 8.20. The Labute approximate surface area is 122 Å². The van der Waals surface area contributed by atoms with Crippen molar-refractivity contribution < 1.29 is 13.2 Å². The van der Waals surface area contributed by atoms with Crippen LogP contribution in [0.4, 0.5) is 0 Å². The monoisotopic (exact) mass is 302 g/mol. The van der Waals surface area contributed by atoms with Crippen molar-refractivity contribution in [3.63, 3.8) is 0 Å². The molecular formula is C14H26N2O3S. The summed E-state index contributed by atoms with van der Waals surface area (Å²) < 4.78 is 23.7. The van der Waals surface area contributed by atoms with Gasteiger partial charge >= 0.3 is 0 Å². The Balaban J connectivity index is 2.15. The molecule has 0 radical (unpaired) electrons. The quantitative estimate of drug-likeness (QED) is 0.831. The third-order valence-corrected chi connectivity index (χ3v) is 6.06. The largest absolute Gasteiger partial charge is 0.322 e. The highest BCUT2D eigenvalue weighted by Crippen LogP contribution is 2.26. The van der Waals surface area contributed by atoms with Gasteiger partial charge in [-0.25, -0.2) is 8.42 Å². The van der Waals surface area contributed by atoms with Crippen LogP contribution < -0.4 is 5.32 Å². The molecule has 0 saturated carbocycles. The number of nitrogens with one attached hydrogen (secondary N) is 1. The minimum absolute atomic E-state index is 0.0161. The van der Waals surface area contributed by atoms with Gasteiger partial charge in [0.1, 0.15) is 0 Å². The number of hydrogen-bond donors (Lipinski definition) is 1. The van der Waals surface area contributed by atoms with Crippen LogP contribution in [-0.2, 0) is 14.6 Å². The lowest BCUT2D eigenvalue weighted by atomic mass is 10.1. The van der Waals surface area contributed by atoms with Gasteiger partial charge in [0.2, 0.25) is 5.91 Å². The van der Waals surface area contributed by atoms with E-state index in [9.17, 15) is 13.2 Å². The van der Waals surface area contributed by atoms with E-state index in [1.165, 1.54) is 0 Å². The van der Waals surface area contributed by atoms with E-state index in [0.29, 0.717) is 6.42 Å². The number of sulfone groups is 1. The molecule has 2 saturated heterocycles. The van der Waals surface area contributed by atoms with Crippen LogP contribution in [0, 0.1) is 0 Å². The van der Waals surface area contributed by atoms with Gasteiger partial charge in [0.15, 0.2) is 9.84 Å². The molecule has 116 valence electrons. The van der Waals surface area contributed by atoms with Crippen LogP contribution in [0.5, 0.6) is 0 Å². The van der Waals surface area contributed by atoms with E-state index >= 15 is 0 Å². The van der Waals surface area contributed by atoms with Gasteiger partial charge in [-0.2, -0.15) is 0 Å². The topological polar surface area (TPSA) is 66.5 Å². The lowest BCUT2D eigenvalue weighted by Crippen LogP contribution is -2.49. The van der Waals surface area contributed by atoms with Crippen LogP contribution in [0.1, 0.15) is 52.4 Å². The maximum atomic E-state index is 12.6. The van der Waals surface area contributed by atoms with Gasteiger partial charge < -0.3 is 4.90 Å². The normalized spacial score (nSPS) is 33.6. The third kappa shape index (κ3) is 3.34. The van der Waals surface area contributed by atoms with Crippen LogP contribution >= 0.6 is 0 Å². The summed E-state index contributed by atoms with van der Waals surface area (Å²) in [4.78, 5) is 14.4. The molecule has 3 atom stereocenters. The zero-order valence-electron chi connectivity index (χ0n) is 12.5. The maximum Gasteiger partial charge on any atom is 0.241 e. The molecule has 2 rings (SSSR count). The van der Waals surface area contributed by atoms with E-state index in [1.807, 2.05) is 4.90 Å². The minimum atomic E-state index is -2.98. The second kappa shape index (κ2) is 6.43. The highest BCUT2D eigenvalue weighted by atomic mass is 32.2. The molecular weight excluding hydrogens is 276 g/mol. The predicted octanol–water partition coefficient (Wildman–Crippen LogP) is 1.29. The first-order chi connectivity index (χ1) is 9.48. The molecule has 0 bridgehead atoms. The summed E-state index contributed by atoms with van der Waals surface area (Å²) in [7, 11) is -2.98. The molecule has 2 fully saturated rings. The minimum Gasteiger partial charge on any atom is -0.322 e. The van der Waals surface area contributed by atoms with E-state index < -0.39 is 9.84 Å². The zero-order chi connectivity index (χ0) is 14.8. The number of rotatable bonds is 5. The first-order valence-electron chi connectivity index (χ1n) is 7.77. The fourth-order valence-electron chi connectivity index (χ4n) is 3.36. The van der Waals surface area contributed by atoms with Gasteiger partial charge in [-0.05, 0) is 25.7 Å². The van der Waals surface area contributed by atoms with Gasteiger partial charge in [0.25, 0.3) is 0 Å². The number of carbonyl (C=O) groups excluding carboxylic acids is 1. The van der Waals surface area contributed by atoms with Crippen molar-refractivity contribution in [2.45, 2.75) is 70.6 Å². The fourth-order valence-corrected chi connectivity index (χ4v) is 5.05. The molecule has 2 aliphatic rings. The lowest BCUT2D eigenvalue weighted by Gasteiger charge is -2.34. The van der Waals surface area contributed by atoms with E-state index in [0.717, 1.165) is 32.1 Å². The molecule has 0 aromatic rings. The molecule has 20 heavy (non-hydrogen) atoms. The van der Waals surface area contributed by atoms with Gasteiger partial charge in [0.05, 0.1) is 23.7 Å². The first kappa shape index (κ1) is 15.8. The smallest absolute Gasteiger partial charge is 0.241 e. The highest BCUT2D eigenvalue weighted by Gasteiger charge is 2.43. The van der Waals surface area contributed by atoms with Gasteiger partial charge in [0, 0.05) is 6.04 Å². The van der Waals surface area contributed by atoms with Crippen molar-refractivity contribution in [2.75, 3.05) is 11.5 Å². The highest BCUT2D eigenvalue weighted by molar-refractivity contribution is 7.91. The number of hydrogen-bond acceptors (Lipinski definition) is 4. The Morgan fingerprint density at radius 2 is 1.95 bits per heavy atom. The van der Waals surface area contributed by atoms with Crippen LogP contribution in [0.25, 0.3) is 0 Å². The molecule has 0 aromatic heterocycles. The predicted molar refractivity (Wildman–Crippen MR) is 79.0 cm³/mol. The molecule has 1 amide bonds. The summed E-state index contributed by atoms with van der Waals surface area (Å²) in [5, 5.41) is 3.40. The van der Waals surface area contributed by atoms with E-state index in [2.05, 4.69) is 19.2 Å². The molecule has 2 aliphatic heterocycles. The Morgan fingerprint density at radius 1 is 1.25 bits per heavy atom. The van der Waals surface area contributed by atoms with Crippen molar-refractivity contribution in [1.82, 2.24) is 10.2 Å². The van der Waals surface area contributed by atoms with Crippen LogP contribution in [-0.4, -0.2) is 49.0 Å². The average molecular weight is 302 g/mol. The van der Waals surface area contributed by atoms with Crippen LogP contribution in [0.2, 0.25) is 0 Å². The van der Waals surface area contributed by atoms with Crippen molar-refractivity contribution in [3.05, 3.63) is 0 Å². The van der Waals surface area contributed by atoms with Crippen molar-refractivity contribution in [1.29, 1.82) is 0 Å². The average Bonchev–Trinajstić information content (AvgIpc) is 2.66. The summed E-state index contributed by atoms with van der Waals surface area (Å²) in [6, 6.07) is -0.256. The Morgan fingerprint density at radius 3 is 2.55 bits per heavy atom. The van der Waals surface area contributed by atoms with Crippen molar-refractivity contribution in [3.8, 4) is 0 Å². The van der Waals surface area contributed by atoms with Gasteiger partial charge in [-0.3, -0.25) is 10.1 Å². The molecule has 2 heterocycles. The second-order valence-electron chi connectivity index (χ2n) is 5.97. The summed E-state index contributed by atoms with van der Waals surface area (Å²) in [5.74, 6) is 0.516. The molecule has 3 unspecified atom stereocenters. The Kier molecular flexibility index (Phi) is 5.07. The van der Waals surface area contributed by atoms with Gasteiger partial charge in [-0.15, -0.1) is 0 Å². The fraction of sp³-hybridized carbons (Fsp3) is 0.929. The SMILES string of the molecule is CCCC1NC(CCC)N(C2CCCS(=O)(=O)C2)C1=O. The van der Waals surface area contributed by atoms with E-state index in [1.54, 1.807) is 0 Å². The third-order valence-electron chi connectivity index (χ3n) is 4.25. The molecule has 0 spiro atoms. The molecule has 1 N–H and O–H groups in total. The lowest BCUT2D eigenvalue weighted by molar-refractivity contribution is -0.132. The summed E-state index contributed by atoms with van der Waals surface area (Å²) in [6.45, 7) is 4.16. The molecule has 0 aromatic carbocycles. The number of nitrogens with zero attached hydrogens (tertiary/aromatic N) is 1.